The van der Waals surface area contributed by atoms with Gasteiger partial charge in [-0.2, -0.15) is 0 Å². The molecule has 1 saturated heterocycles. The average Bonchev–Trinajstić information content (AvgIpc) is 3.36. The normalized spacial score (nSPS) is 24.0. The fraction of sp³-hybridized carbons (Fsp3) is 0.796. The number of amides is 10. The molecule has 10 amide bonds. The molecule has 1 rings (SSSR count). The van der Waals surface area contributed by atoms with Crippen LogP contribution in [0.5, 0.6) is 0 Å². The number of hydrogen-bond acceptors (Lipinski definition) is 15. The Labute approximate surface area is 466 Å². The second-order valence-corrected chi connectivity index (χ2v) is 22.5. The molecule has 0 radical (unpaired) electrons. The minimum Gasteiger partial charge on any atom is -0.458 e. The first-order chi connectivity index (χ1) is 37.0. The molecule has 0 aromatic rings. The number of aliphatic hydroxyl groups is 3. The highest BCUT2D eigenvalue weighted by molar-refractivity contribution is 5.99. The van der Waals surface area contributed by atoms with Gasteiger partial charge in [-0.25, -0.2) is 4.79 Å². The maximum Gasteiger partial charge on any atom is 0.329 e. The van der Waals surface area contributed by atoms with E-state index < -0.39 is 170 Å². The van der Waals surface area contributed by atoms with Gasteiger partial charge in [0.05, 0.1) is 25.7 Å². The fourth-order valence-corrected chi connectivity index (χ4v) is 8.63. The Morgan fingerprint density at radius 1 is 0.595 bits per heavy atom. The van der Waals surface area contributed by atoms with Gasteiger partial charge in [-0.3, -0.25) is 47.9 Å². The molecular formula is C54H96N10O15. The number of unbranched alkanes of at least 4 members (excludes halogenated alkanes) is 4. The van der Waals surface area contributed by atoms with Crippen LogP contribution < -0.4 is 53.6 Å². The molecule has 25 nitrogen and oxygen atoms in total. The van der Waals surface area contributed by atoms with Crippen molar-refractivity contribution in [3.05, 3.63) is 0 Å². The van der Waals surface area contributed by atoms with Crippen LogP contribution in [0.4, 0.5) is 0 Å². The van der Waals surface area contributed by atoms with Crippen LogP contribution in [-0.2, 0) is 57.5 Å². The lowest BCUT2D eigenvalue weighted by Gasteiger charge is -2.32. The Morgan fingerprint density at radius 3 is 1.57 bits per heavy atom. The van der Waals surface area contributed by atoms with Gasteiger partial charge in [0.2, 0.25) is 59.1 Å². The van der Waals surface area contributed by atoms with Crippen LogP contribution in [0.3, 0.4) is 0 Å². The molecule has 452 valence electrons. The van der Waals surface area contributed by atoms with Crippen molar-refractivity contribution in [3.63, 3.8) is 0 Å². The first-order valence-electron chi connectivity index (χ1n) is 28.1. The van der Waals surface area contributed by atoms with Crippen LogP contribution >= 0.6 is 0 Å². The van der Waals surface area contributed by atoms with E-state index in [0.29, 0.717) is 12.8 Å². The van der Waals surface area contributed by atoms with Crippen molar-refractivity contribution in [2.24, 2.45) is 35.3 Å². The molecule has 0 spiro atoms. The number of nitrogens with two attached hydrogens (primary N) is 1. The van der Waals surface area contributed by atoms with Gasteiger partial charge < -0.3 is 73.6 Å². The molecule has 12 atom stereocenters. The summed E-state index contributed by atoms with van der Waals surface area (Å²) in [6.07, 6.45) is 1.55. The third kappa shape index (κ3) is 26.3. The SMILES string of the molecule is CCCCCCC[C@@H](O)CC(=O)N[C@@H](CC(C)C)C(=O)N[C@H](CCC(N)=O)C(=O)N[C@H]1C(=O)N[C@H](C(C)C)C(=O)N[C@@H](CC(C)C)C(=O)N[C@H](CO)C(=O)N[C@@H](CC(C)C)C(=O)N[C@H](CO)C(=O)N[C@@H]([C@@H](C)CC)C(=O)O[C@H]1C. The molecule has 0 aliphatic carbocycles. The largest absolute Gasteiger partial charge is 0.458 e. The molecule has 0 aromatic carbocycles. The molecule has 0 bridgehead atoms. The van der Waals surface area contributed by atoms with E-state index in [9.17, 15) is 68.1 Å². The highest BCUT2D eigenvalue weighted by Crippen LogP contribution is 2.17. The number of carbonyl (C=O) groups is 11. The third-order valence-electron chi connectivity index (χ3n) is 13.4. The molecule has 0 saturated carbocycles. The van der Waals surface area contributed by atoms with Gasteiger partial charge in [0.15, 0.2) is 0 Å². The van der Waals surface area contributed by atoms with Crippen LogP contribution in [0.25, 0.3) is 0 Å². The zero-order valence-corrected chi connectivity index (χ0v) is 48.7. The number of ether oxygens (including phenoxy) is 1. The topological polar surface area (TPSA) is 392 Å². The van der Waals surface area contributed by atoms with E-state index in [2.05, 4.69) is 54.8 Å². The molecule has 25 heteroatoms. The minimum absolute atomic E-state index is 0.00447. The quantitative estimate of drug-likeness (QED) is 0.0364. The van der Waals surface area contributed by atoms with Crippen molar-refractivity contribution >= 4 is 65.0 Å². The third-order valence-corrected chi connectivity index (χ3v) is 13.4. The highest BCUT2D eigenvalue weighted by Gasteiger charge is 2.40. The molecular weight excluding hydrogens is 1030 g/mol. The Morgan fingerprint density at radius 2 is 1.09 bits per heavy atom. The molecule has 0 aromatic heterocycles. The summed E-state index contributed by atoms with van der Waals surface area (Å²) in [6.45, 7) is 18.3. The summed E-state index contributed by atoms with van der Waals surface area (Å²) in [5, 5.41) is 54.0. The van der Waals surface area contributed by atoms with Gasteiger partial charge >= 0.3 is 5.97 Å². The summed E-state index contributed by atoms with van der Waals surface area (Å²) in [5.74, 6) is -12.6. The van der Waals surface area contributed by atoms with Crippen LogP contribution in [0, 0.1) is 29.6 Å². The Balaban J connectivity index is 3.99. The van der Waals surface area contributed by atoms with E-state index in [0.717, 1.165) is 25.7 Å². The van der Waals surface area contributed by atoms with E-state index in [1.54, 1.807) is 69.2 Å². The van der Waals surface area contributed by atoms with Gasteiger partial charge in [0, 0.05) is 6.42 Å². The zero-order chi connectivity index (χ0) is 60.3. The summed E-state index contributed by atoms with van der Waals surface area (Å²) >= 11 is 0. The standard InChI is InChI=1S/C54H96N10O15/c1-13-15-16-17-18-19-34(67)25-42(69)56-36(22-28(3)4)47(71)57-35(20-21-41(55)68)46(70)64-45-33(12)79-54(78)44(32(11)14-2)63-51(75)40(27-66)61-48(72)37(23-29(5)6)58-50(74)39(26-65)60-49(73)38(24-30(7)8)59-52(76)43(31(9)10)62-53(45)77/h28-40,43-45,65-67H,13-27H2,1-12H3,(H2,55,68)(H,56,69)(H,57,71)(H,58,74)(H,59,76)(H,60,73)(H,61,72)(H,62,77)(H,63,75)(H,64,70)/t32-,33-,34+,35+,36-,37-,38-,39+,40+,43+,44-,45+/m0/s1. The molecule has 79 heavy (non-hydrogen) atoms. The number of hydrogen-bond donors (Lipinski definition) is 13. The van der Waals surface area contributed by atoms with Gasteiger partial charge in [0.1, 0.15) is 60.5 Å². The summed E-state index contributed by atoms with van der Waals surface area (Å²) in [5.41, 5.74) is 5.49. The van der Waals surface area contributed by atoms with Crippen molar-refractivity contribution in [1.82, 2.24) is 47.9 Å². The Kier molecular flexibility index (Phi) is 32.7. The number of esters is 1. The monoisotopic (exact) mass is 1120 g/mol. The van der Waals surface area contributed by atoms with E-state index >= 15 is 0 Å². The van der Waals surface area contributed by atoms with Gasteiger partial charge in [0.25, 0.3) is 0 Å². The van der Waals surface area contributed by atoms with Crippen LogP contribution in [-0.4, -0.2) is 160 Å². The lowest BCUT2D eigenvalue weighted by atomic mass is 9.98. The van der Waals surface area contributed by atoms with Crippen molar-refractivity contribution < 1.29 is 72.8 Å². The predicted octanol–water partition coefficient (Wildman–Crippen LogP) is -0.503. The first-order valence-corrected chi connectivity index (χ1v) is 28.1. The van der Waals surface area contributed by atoms with Gasteiger partial charge in [-0.15, -0.1) is 0 Å². The Hall–Kier alpha value is -5.95. The van der Waals surface area contributed by atoms with Crippen LogP contribution in [0.2, 0.25) is 0 Å². The first kappa shape index (κ1) is 71.1. The summed E-state index contributed by atoms with van der Waals surface area (Å²) in [4.78, 5) is 152. The van der Waals surface area contributed by atoms with Gasteiger partial charge in [-0.05, 0) is 68.6 Å². The molecule has 0 unspecified atom stereocenters. The molecule has 1 heterocycles. The summed E-state index contributed by atoms with van der Waals surface area (Å²) in [7, 11) is 0. The molecule has 1 aliphatic rings. The number of nitrogens with one attached hydrogen (secondary N) is 9. The molecule has 14 N–H and O–H groups in total. The number of cyclic esters (lactones) is 1. The van der Waals surface area contributed by atoms with E-state index in [4.69, 9.17) is 10.5 Å². The van der Waals surface area contributed by atoms with Crippen molar-refractivity contribution in [2.45, 2.75) is 233 Å². The average molecular weight is 1130 g/mol. The number of rotatable bonds is 27. The van der Waals surface area contributed by atoms with Crippen molar-refractivity contribution in [2.75, 3.05) is 13.2 Å². The van der Waals surface area contributed by atoms with E-state index in [-0.39, 0.29) is 49.9 Å². The number of aliphatic hydroxyl groups excluding tert-OH is 3. The fourth-order valence-electron chi connectivity index (χ4n) is 8.63. The number of carbonyl (C=O) groups excluding carboxylic acids is 11. The van der Waals surface area contributed by atoms with E-state index in [1.807, 2.05) is 0 Å². The predicted molar refractivity (Wildman–Crippen MR) is 292 cm³/mol. The summed E-state index contributed by atoms with van der Waals surface area (Å²) in [6, 6.07) is -13.9. The second kappa shape index (κ2) is 36.3. The lowest BCUT2D eigenvalue weighted by Crippen LogP contribution is -2.64. The van der Waals surface area contributed by atoms with Crippen molar-refractivity contribution in [1.29, 1.82) is 0 Å². The van der Waals surface area contributed by atoms with Gasteiger partial charge in [-0.1, -0.05) is 115 Å². The minimum atomic E-state index is -1.92. The number of primary amides is 1. The smallest absolute Gasteiger partial charge is 0.329 e. The van der Waals surface area contributed by atoms with Crippen molar-refractivity contribution in [3.8, 4) is 0 Å². The summed E-state index contributed by atoms with van der Waals surface area (Å²) < 4.78 is 5.84. The van der Waals surface area contributed by atoms with Crippen LogP contribution in [0.1, 0.15) is 167 Å². The van der Waals surface area contributed by atoms with Crippen LogP contribution in [0.15, 0.2) is 0 Å². The maximum absolute atomic E-state index is 14.7. The maximum atomic E-state index is 14.7. The molecule has 1 fully saturated rings. The Bertz CT molecular complexity index is 2020. The highest BCUT2D eigenvalue weighted by atomic mass is 16.5. The second-order valence-electron chi connectivity index (χ2n) is 22.5. The lowest BCUT2D eigenvalue weighted by molar-refractivity contribution is -0.157. The molecule has 1 aliphatic heterocycles. The zero-order valence-electron chi connectivity index (χ0n) is 48.7. The van der Waals surface area contributed by atoms with E-state index in [1.165, 1.54) is 6.92 Å².